The Hall–Kier alpha value is -2.56. The predicted octanol–water partition coefficient (Wildman–Crippen LogP) is 2.24. The van der Waals surface area contributed by atoms with Crippen LogP contribution in [0.3, 0.4) is 0 Å². The Morgan fingerprint density at radius 2 is 2.05 bits per heavy atom. The molecule has 4 N–H and O–H groups in total. The van der Waals surface area contributed by atoms with E-state index in [0.29, 0.717) is 16.9 Å². The van der Waals surface area contributed by atoms with Crippen molar-refractivity contribution in [3.63, 3.8) is 0 Å². The van der Waals surface area contributed by atoms with Crippen LogP contribution in [0.25, 0.3) is 0 Å². The van der Waals surface area contributed by atoms with Crippen LogP contribution < -0.4 is 11.1 Å². The van der Waals surface area contributed by atoms with E-state index in [4.69, 9.17) is 5.73 Å². The van der Waals surface area contributed by atoms with E-state index < -0.39 is 0 Å². The van der Waals surface area contributed by atoms with Crippen molar-refractivity contribution >= 4 is 17.3 Å². The third kappa shape index (κ3) is 2.65. The SMILES string of the molecule is Cc1cc(NC(=O)c2ncccc2N)c(C)cc1O. The third-order valence-corrected chi connectivity index (χ3v) is 2.85. The van der Waals surface area contributed by atoms with E-state index in [1.165, 1.54) is 6.20 Å². The van der Waals surface area contributed by atoms with Crippen LogP contribution in [0.15, 0.2) is 30.5 Å². The lowest BCUT2D eigenvalue weighted by Gasteiger charge is -2.11. The van der Waals surface area contributed by atoms with Crippen molar-refractivity contribution in [3.8, 4) is 5.75 Å². The van der Waals surface area contributed by atoms with Crippen LogP contribution in [0.1, 0.15) is 21.6 Å². The molecule has 1 amide bonds. The molecule has 1 heterocycles. The number of anilines is 2. The number of aromatic hydroxyl groups is 1. The van der Waals surface area contributed by atoms with Gasteiger partial charge in [-0.3, -0.25) is 4.79 Å². The van der Waals surface area contributed by atoms with Crippen molar-refractivity contribution in [2.24, 2.45) is 0 Å². The number of nitrogen functional groups attached to an aromatic ring is 1. The number of hydrogen-bond acceptors (Lipinski definition) is 4. The summed E-state index contributed by atoms with van der Waals surface area (Å²) < 4.78 is 0. The Morgan fingerprint density at radius 3 is 2.74 bits per heavy atom. The largest absolute Gasteiger partial charge is 0.508 e. The molecule has 98 valence electrons. The summed E-state index contributed by atoms with van der Waals surface area (Å²) in [6, 6.07) is 6.60. The Bertz CT molecular complexity index is 639. The number of rotatable bonds is 2. The first-order valence-electron chi connectivity index (χ1n) is 5.81. The molecule has 0 aliphatic rings. The maximum atomic E-state index is 12.1. The summed E-state index contributed by atoms with van der Waals surface area (Å²) in [5.41, 5.74) is 8.31. The molecule has 0 spiro atoms. The first kappa shape index (κ1) is 12.9. The number of hydrogen-bond donors (Lipinski definition) is 3. The number of aromatic nitrogens is 1. The number of nitrogens with one attached hydrogen (secondary N) is 1. The van der Waals surface area contributed by atoms with E-state index >= 15 is 0 Å². The lowest BCUT2D eigenvalue weighted by molar-refractivity contribution is 0.102. The smallest absolute Gasteiger partial charge is 0.276 e. The van der Waals surface area contributed by atoms with E-state index in [9.17, 15) is 9.90 Å². The monoisotopic (exact) mass is 257 g/mol. The summed E-state index contributed by atoms with van der Waals surface area (Å²) in [4.78, 5) is 16.0. The zero-order chi connectivity index (χ0) is 14.0. The van der Waals surface area contributed by atoms with Crippen LogP contribution in [-0.2, 0) is 0 Å². The van der Waals surface area contributed by atoms with E-state index in [0.717, 1.165) is 5.56 Å². The van der Waals surface area contributed by atoms with Crippen LogP contribution in [-0.4, -0.2) is 16.0 Å². The second-order valence-corrected chi connectivity index (χ2v) is 4.35. The van der Waals surface area contributed by atoms with E-state index in [1.807, 2.05) is 0 Å². The maximum absolute atomic E-state index is 12.1. The van der Waals surface area contributed by atoms with Gasteiger partial charge in [0, 0.05) is 11.9 Å². The number of nitrogens with two attached hydrogens (primary N) is 1. The molecular formula is C14H15N3O2. The van der Waals surface area contributed by atoms with Gasteiger partial charge in [-0.15, -0.1) is 0 Å². The summed E-state index contributed by atoms with van der Waals surface area (Å²) in [6.45, 7) is 3.57. The minimum Gasteiger partial charge on any atom is -0.508 e. The van der Waals surface area contributed by atoms with E-state index in [2.05, 4.69) is 10.3 Å². The predicted molar refractivity (Wildman–Crippen MR) is 74.2 cm³/mol. The molecule has 2 aromatic rings. The number of carbonyl (C=O) groups is 1. The first-order chi connectivity index (χ1) is 8.99. The average Bonchev–Trinajstić information content (AvgIpc) is 2.36. The molecule has 0 radical (unpaired) electrons. The number of amides is 1. The number of aryl methyl sites for hydroxylation is 2. The Labute approximate surface area is 111 Å². The van der Waals surface area contributed by atoms with Gasteiger partial charge in [0.05, 0.1) is 5.69 Å². The topological polar surface area (TPSA) is 88.2 Å². The molecule has 5 heteroatoms. The summed E-state index contributed by atoms with van der Waals surface area (Å²) in [5.74, 6) is -0.167. The second-order valence-electron chi connectivity index (χ2n) is 4.35. The Balaban J connectivity index is 2.30. The molecule has 0 bridgehead atoms. The highest BCUT2D eigenvalue weighted by Gasteiger charge is 2.13. The van der Waals surface area contributed by atoms with Crippen LogP contribution >= 0.6 is 0 Å². The standard InChI is InChI=1S/C14H15N3O2/c1-8-7-12(18)9(2)6-11(8)17-14(19)13-10(15)4-3-5-16-13/h3-7,18H,15H2,1-2H3,(H,17,19). The minimum absolute atomic E-state index is 0.188. The molecule has 1 aromatic heterocycles. The molecule has 0 unspecified atom stereocenters. The molecule has 1 aromatic carbocycles. The number of pyridine rings is 1. The Kier molecular flexibility index (Phi) is 3.37. The molecule has 0 fully saturated rings. The molecule has 0 aliphatic carbocycles. The fourth-order valence-electron chi connectivity index (χ4n) is 1.72. The highest BCUT2D eigenvalue weighted by Crippen LogP contribution is 2.25. The van der Waals surface area contributed by atoms with Gasteiger partial charge in [-0.25, -0.2) is 4.98 Å². The van der Waals surface area contributed by atoms with Crippen molar-refractivity contribution in [2.45, 2.75) is 13.8 Å². The number of carbonyl (C=O) groups excluding carboxylic acids is 1. The van der Waals surface area contributed by atoms with Crippen LogP contribution in [0, 0.1) is 13.8 Å². The van der Waals surface area contributed by atoms with Crippen LogP contribution in [0.2, 0.25) is 0 Å². The third-order valence-electron chi connectivity index (χ3n) is 2.85. The van der Waals surface area contributed by atoms with Crippen molar-refractivity contribution in [1.29, 1.82) is 0 Å². The molecule has 19 heavy (non-hydrogen) atoms. The number of phenols is 1. The molecule has 5 nitrogen and oxygen atoms in total. The maximum Gasteiger partial charge on any atom is 0.276 e. The van der Waals surface area contributed by atoms with Crippen molar-refractivity contribution in [1.82, 2.24) is 4.98 Å². The van der Waals surface area contributed by atoms with Gasteiger partial charge in [0.15, 0.2) is 5.69 Å². The molecule has 0 saturated heterocycles. The molecule has 2 rings (SSSR count). The van der Waals surface area contributed by atoms with Gasteiger partial charge in [0.2, 0.25) is 0 Å². The molecular weight excluding hydrogens is 242 g/mol. The van der Waals surface area contributed by atoms with Crippen LogP contribution in [0.5, 0.6) is 5.75 Å². The fraction of sp³-hybridized carbons (Fsp3) is 0.143. The molecule has 0 atom stereocenters. The summed E-state index contributed by atoms with van der Waals surface area (Å²) >= 11 is 0. The van der Waals surface area contributed by atoms with Crippen molar-refractivity contribution in [3.05, 3.63) is 47.3 Å². The number of phenolic OH excluding ortho intramolecular Hbond substituents is 1. The lowest BCUT2D eigenvalue weighted by atomic mass is 10.1. The molecule has 0 saturated carbocycles. The Morgan fingerprint density at radius 1 is 1.32 bits per heavy atom. The highest BCUT2D eigenvalue weighted by molar-refractivity contribution is 6.06. The summed E-state index contributed by atoms with van der Waals surface area (Å²) in [7, 11) is 0. The molecule has 0 aliphatic heterocycles. The minimum atomic E-state index is -0.369. The van der Waals surface area contributed by atoms with Gasteiger partial charge in [-0.2, -0.15) is 0 Å². The number of benzene rings is 1. The second kappa shape index (κ2) is 4.97. The normalized spacial score (nSPS) is 10.2. The van der Waals surface area contributed by atoms with Gasteiger partial charge in [-0.1, -0.05) is 0 Å². The highest BCUT2D eigenvalue weighted by atomic mass is 16.3. The van der Waals surface area contributed by atoms with Gasteiger partial charge in [0.1, 0.15) is 5.75 Å². The summed E-state index contributed by atoms with van der Waals surface area (Å²) in [6.07, 6.45) is 1.51. The van der Waals surface area contributed by atoms with Gasteiger partial charge in [-0.05, 0) is 49.2 Å². The fourth-order valence-corrected chi connectivity index (χ4v) is 1.72. The van der Waals surface area contributed by atoms with Gasteiger partial charge >= 0.3 is 0 Å². The van der Waals surface area contributed by atoms with Gasteiger partial charge < -0.3 is 16.2 Å². The van der Waals surface area contributed by atoms with Gasteiger partial charge in [0.25, 0.3) is 5.91 Å². The zero-order valence-corrected chi connectivity index (χ0v) is 10.8. The lowest BCUT2D eigenvalue weighted by Crippen LogP contribution is -2.16. The number of nitrogens with zero attached hydrogens (tertiary/aromatic N) is 1. The van der Waals surface area contributed by atoms with E-state index in [1.54, 1.807) is 38.1 Å². The first-order valence-corrected chi connectivity index (χ1v) is 5.81. The zero-order valence-electron chi connectivity index (χ0n) is 10.8. The summed E-state index contributed by atoms with van der Waals surface area (Å²) in [5, 5.41) is 12.3. The quantitative estimate of drug-likeness (QED) is 0.720. The van der Waals surface area contributed by atoms with Crippen molar-refractivity contribution < 1.29 is 9.90 Å². The van der Waals surface area contributed by atoms with E-state index in [-0.39, 0.29) is 17.4 Å². The van der Waals surface area contributed by atoms with Crippen molar-refractivity contribution in [2.75, 3.05) is 11.1 Å². The van der Waals surface area contributed by atoms with Crippen LogP contribution in [0.4, 0.5) is 11.4 Å². The average molecular weight is 257 g/mol.